The predicted molar refractivity (Wildman–Crippen MR) is 81.6 cm³/mol. The highest BCUT2D eigenvalue weighted by molar-refractivity contribution is 5.33. The molecule has 0 aromatic heterocycles. The van der Waals surface area contributed by atoms with Gasteiger partial charge in [0, 0.05) is 5.56 Å². The van der Waals surface area contributed by atoms with E-state index in [-0.39, 0.29) is 12.0 Å². The lowest BCUT2D eigenvalue weighted by atomic mass is 9.83. The number of halogens is 2. The number of epoxide rings is 1. The van der Waals surface area contributed by atoms with Gasteiger partial charge in [-0.25, -0.2) is 8.78 Å². The van der Waals surface area contributed by atoms with Gasteiger partial charge in [-0.15, -0.1) is 0 Å². The Hall–Kier alpha value is -0.960. The molecule has 3 fully saturated rings. The summed E-state index contributed by atoms with van der Waals surface area (Å²) < 4.78 is 34.0. The van der Waals surface area contributed by atoms with Gasteiger partial charge in [0.1, 0.15) is 6.10 Å². The third-order valence-electron chi connectivity index (χ3n) is 6.24. The molecule has 5 atom stereocenters. The van der Waals surface area contributed by atoms with Crippen molar-refractivity contribution in [1.29, 1.82) is 0 Å². The van der Waals surface area contributed by atoms with Gasteiger partial charge in [0.2, 0.25) is 0 Å². The molecule has 1 aromatic rings. The van der Waals surface area contributed by atoms with Crippen LogP contribution < -0.4 is 0 Å². The summed E-state index contributed by atoms with van der Waals surface area (Å²) in [6.07, 6.45) is 6.98. The zero-order valence-electron chi connectivity index (χ0n) is 13.2. The molecule has 1 nitrogen and oxygen atoms in total. The van der Waals surface area contributed by atoms with E-state index in [0.717, 1.165) is 18.3 Å². The normalized spacial score (nSPS) is 36.6. The quantitative estimate of drug-likeness (QED) is 0.683. The molecule has 4 rings (SSSR count). The minimum absolute atomic E-state index is 0.218. The zero-order chi connectivity index (χ0) is 15.3. The van der Waals surface area contributed by atoms with Gasteiger partial charge in [-0.2, -0.15) is 0 Å². The minimum Gasteiger partial charge on any atom is -0.368 e. The van der Waals surface area contributed by atoms with Crippen LogP contribution in [0.5, 0.6) is 0 Å². The molecule has 2 saturated carbocycles. The van der Waals surface area contributed by atoms with Crippen molar-refractivity contribution in [3.63, 3.8) is 0 Å². The van der Waals surface area contributed by atoms with Crippen LogP contribution in [0.4, 0.5) is 8.78 Å². The molecule has 3 unspecified atom stereocenters. The summed E-state index contributed by atoms with van der Waals surface area (Å²) in [6.45, 7) is 2.76. The summed E-state index contributed by atoms with van der Waals surface area (Å²) in [6, 6.07) is 3.58. The fourth-order valence-corrected chi connectivity index (χ4v) is 5.18. The second-order valence-electron chi connectivity index (χ2n) is 7.33. The highest BCUT2D eigenvalue weighted by Crippen LogP contribution is 2.56. The number of hydrogen-bond acceptors (Lipinski definition) is 1. The largest absolute Gasteiger partial charge is 0.368 e. The van der Waals surface area contributed by atoms with Crippen LogP contribution in [0, 0.1) is 29.4 Å². The van der Waals surface area contributed by atoms with E-state index in [1.165, 1.54) is 32.1 Å². The summed E-state index contributed by atoms with van der Waals surface area (Å²) in [4.78, 5) is 0. The average Bonchev–Trinajstić information content (AvgIpc) is 3.15. The fourth-order valence-electron chi connectivity index (χ4n) is 5.18. The first-order valence-electron chi connectivity index (χ1n) is 8.80. The third-order valence-corrected chi connectivity index (χ3v) is 6.24. The SMILES string of the molecule is CCCC1CC[C@H]2C(c3ccc(C4CO4)c(F)c3F)CC[C@@H]12. The van der Waals surface area contributed by atoms with Gasteiger partial charge >= 0.3 is 0 Å². The molecule has 1 aromatic carbocycles. The highest BCUT2D eigenvalue weighted by atomic mass is 19.2. The van der Waals surface area contributed by atoms with Crippen molar-refractivity contribution < 1.29 is 13.5 Å². The molecule has 0 bridgehead atoms. The number of hydrogen-bond donors (Lipinski definition) is 0. The zero-order valence-corrected chi connectivity index (χ0v) is 13.2. The second-order valence-corrected chi connectivity index (χ2v) is 7.33. The van der Waals surface area contributed by atoms with Crippen molar-refractivity contribution in [2.24, 2.45) is 17.8 Å². The number of rotatable bonds is 4. The van der Waals surface area contributed by atoms with Crippen LogP contribution in [-0.2, 0) is 4.74 Å². The molecule has 2 aliphatic carbocycles. The van der Waals surface area contributed by atoms with Gasteiger partial charge in [-0.1, -0.05) is 31.9 Å². The Balaban J connectivity index is 1.59. The molecule has 3 aliphatic rings. The molecular weight excluding hydrogens is 282 g/mol. The van der Waals surface area contributed by atoms with Crippen molar-refractivity contribution in [3.8, 4) is 0 Å². The Morgan fingerprint density at radius 1 is 1.00 bits per heavy atom. The highest BCUT2D eigenvalue weighted by Gasteiger charge is 2.45. The van der Waals surface area contributed by atoms with E-state index in [0.29, 0.717) is 23.7 Å². The van der Waals surface area contributed by atoms with Gasteiger partial charge in [0.15, 0.2) is 11.6 Å². The minimum atomic E-state index is -0.674. The van der Waals surface area contributed by atoms with Crippen molar-refractivity contribution in [2.75, 3.05) is 6.61 Å². The maximum atomic E-state index is 14.6. The number of benzene rings is 1. The van der Waals surface area contributed by atoms with Gasteiger partial charge in [0.05, 0.1) is 6.61 Å². The molecule has 3 heteroatoms. The Labute approximate surface area is 131 Å². The van der Waals surface area contributed by atoms with E-state index < -0.39 is 11.6 Å². The molecule has 120 valence electrons. The lowest BCUT2D eigenvalue weighted by molar-refractivity contribution is 0.322. The fraction of sp³-hybridized carbons (Fsp3) is 0.684. The molecule has 0 amide bonds. The van der Waals surface area contributed by atoms with Gasteiger partial charge in [-0.05, 0) is 54.9 Å². The first-order valence-corrected chi connectivity index (χ1v) is 8.80. The Bertz CT molecular complexity index is 567. The van der Waals surface area contributed by atoms with E-state index in [1.807, 2.05) is 6.07 Å². The van der Waals surface area contributed by atoms with Crippen LogP contribution in [0.3, 0.4) is 0 Å². The molecule has 0 N–H and O–H groups in total. The Morgan fingerprint density at radius 3 is 2.41 bits per heavy atom. The molecule has 1 aliphatic heterocycles. The number of ether oxygens (including phenoxy) is 1. The van der Waals surface area contributed by atoms with Crippen molar-refractivity contribution >= 4 is 0 Å². The van der Waals surface area contributed by atoms with Gasteiger partial charge in [0.25, 0.3) is 0 Å². The smallest absolute Gasteiger partial charge is 0.165 e. The van der Waals surface area contributed by atoms with Gasteiger partial charge < -0.3 is 4.74 Å². The van der Waals surface area contributed by atoms with Crippen molar-refractivity contribution in [1.82, 2.24) is 0 Å². The molecular formula is C19H24F2O. The van der Waals surface area contributed by atoms with Gasteiger partial charge in [-0.3, -0.25) is 0 Å². The second kappa shape index (κ2) is 5.59. The molecule has 1 heterocycles. The summed E-state index contributed by atoms with van der Waals surface area (Å²) in [5.74, 6) is 1.04. The summed E-state index contributed by atoms with van der Waals surface area (Å²) in [5.41, 5.74) is 1.01. The first-order chi connectivity index (χ1) is 10.7. The first kappa shape index (κ1) is 14.6. The monoisotopic (exact) mass is 306 g/mol. The topological polar surface area (TPSA) is 12.5 Å². The van der Waals surface area contributed by atoms with Crippen LogP contribution in [0.15, 0.2) is 12.1 Å². The van der Waals surface area contributed by atoms with E-state index in [1.54, 1.807) is 6.07 Å². The third kappa shape index (κ3) is 2.29. The lowest BCUT2D eigenvalue weighted by Crippen LogP contribution is -2.14. The van der Waals surface area contributed by atoms with Crippen LogP contribution in [-0.4, -0.2) is 6.61 Å². The molecule has 1 saturated heterocycles. The molecule has 0 radical (unpaired) electrons. The van der Waals surface area contributed by atoms with Crippen LogP contribution >= 0.6 is 0 Å². The Kier molecular flexibility index (Phi) is 3.72. The van der Waals surface area contributed by atoms with E-state index in [4.69, 9.17) is 4.74 Å². The maximum Gasteiger partial charge on any atom is 0.165 e. The van der Waals surface area contributed by atoms with Crippen molar-refractivity contribution in [2.45, 2.75) is 57.5 Å². The van der Waals surface area contributed by atoms with E-state index in [9.17, 15) is 8.78 Å². The van der Waals surface area contributed by atoms with E-state index >= 15 is 0 Å². The average molecular weight is 306 g/mol. The van der Waals surface area contributed by atoms with Crippen LogP contribution in [0.25, 0.3) is 0 Å². The summed E-state index contributed by atoms with van der Waals surface area (Å²) in [7, 11) is 0. The molecule has 22 heavy (non-hydrogen) atoms. The van der Waals surface area contributed by atoms with Crippen molar-refractivity contribution in [3.05, 3.63) is 34.9 Å². The molecule has 0 spiro atoms. The van der Waals surface area contributed by atoms with E-state index in [2.05, 4.69) is 6.92 Å². The standard InChI is InChI=1S/C19H24F2O/c1-2-3-11-4-5-13-12(11)6-7-14(13)15-8-9-16(17-10-22-17)19(21)18(15)20/h8-9,11-14,17H,2-7,10H2,1H3/t11?,12-,13+,14?,17?/m0/s1. The summed E-state index contributed by atoms with van der Waals surface area (Å²) >= 11 is 0. The predicted octanol–water partition coefficient (Wildman–Crippen LogP) is 5.36. The summed E-state index contributed by atoms with van der Waals surface area (Å²) in [5, 5.41) is 0. The lowest BCUT2D eigenvalue weighted by Gasteiger charge is -2.22. The van der Waals surface area contributed by atoms with Crippen LogP contribution in [0.2, 0.25) is 0 Å². The number of fused-ring (bicyclic) bond motifs is 1. The Morgan fingerprint density at radius 2 is 1.68 bits per heavy atom. The van der Waals surface area contributed by atoms with Crippen LogP contribution in [0.1, 0.15) is 68.6 Å². The maximum absolute atomic E-state index is 14.6.